The minimum Gasteiger partial charge on any atom is -0.481 e. The number of aromatic nitrogens is 2. The van der Waals surface area contributed by atoms with Crippen LogP contribution in [0.1, 0.15) is 46.9 Å². The molecule has 0 aliphatic carbocycles. The highest BCUT2D eigenvalue weighted by molar-refractivity contribution is 5.96. The summed E-state index contributed by atoms with van der Waals surface area (Å²) in [6, 6.07) is 9.33. The molecule has 1 aliphatic heterocycles. The minimum atomic E-state index is -0.937. The zero-order valence-corrected chi connectivity index (χ0v) is 15.4. The number of likely N-dealkylation sites (tertiary alicyclic amines) is 1. The van der Waals surface area contributed by atoms with Crippen molar-refractivity contribution in [2.24, 2.45) is 5.92 Å². The van der Waals surface area contributed by atoms with E-state index in [0.29, 0.717) is 24.1 Å². The van der Waals surface area contributed by atoms with E-state index < -0.39 is 23.4 Å². The molecule has 2 atom stereocenters. The third-order valence-corrected chi connectivity index (χ3v) is 5.22. The van der Waals surface area contributed by atoms with Gasteiger partial charge in [-0.25, -0.2) is 5.10 Å². The average Bonchev–Trinajstić information content (AvgIpc) is 3.13. The SMILES string of the molecule is CCc1n[nH]c(=O)c(C(=O)N2CC(C(=O)O)C(c3ccccc3)C2)c1CC. The normalized spacial score (nSPS) is 19.3. The molecular weight excluding hydrogens is 346 g/mol. The zero-order valence-electron chi connectivity index (χ0n) is 15.4. The number of amides is 1. The van der Waals surface area contributed by atoms with Gasteiger partial charge >= 0.3 is 5.97 Å². The van der Waals surface area contributed by atoms with Crippen LogP contribution in [0.5, 0.6) is 0 Å². The average molecular weight is 369 g/mol. The van der Waals surface area contributed by atoms with Gasteiger partial charge in [-0.2, -0.15) is 5.10 Å². The summed E-state index contributed by atoms with van der Waals surface area (Å²) < 4.78 is 0. The highest BCUT2D eigenvalue weighted by atomic mass is 16.4. The molecule has 7 nitrogen and oxygen atoms in total. The fourth-order valence-electron chi connectivity index (χ4n) is 3.84. The molecule has 2 heterocycles. The van der Waals surface area contributed by atoms with Crippen LogP contribution in [0, 0.1) is 5.92 Å². The Bertz CT molecular complexity index is 907. The van der Waals surface area contributed by atoms with Crippen LogP contribution in [0.15, 0.2) is 35.1 Å². The molecule has 1 aromatic heterocycles. The zero-order chi connectivity index (χ0) is 19.6. The molecule has 142 valence electrons. The number of nitrogens with zero attached hydrogens (tertiary/aromatic N) is 2. The van der Waals surface area contributed by atoms with Crippen molar-refractivity contribution in [2.75, 3.05) is 13.1 Å². The van der Waals surface area contributed by atoms with Gasteiger partial charge in [0.25, 0.3) is 11.5 Å². The fourth-order valence-corrected chi connectivity index (χ4v) is 3.84. The number of benzene rings is 1. The maximum absolute atomic E-state index is 13.1. The van der Waals surface area contributed by atoms with Gasteiger partial charge < -0.3 is 10.0 Å². The molecule has 1 fully saturated rings. The van der Waals surface area contributed by atoms with Crippen LogP contribution in [-0.4, -0.2) is 45.2 Å². The van der Waals surface area contributed by atoms with Gasteiger partial charge in [0.05, 0.1) is 11.6 Å². The molecule has 1 amide bonds. The minimum absolute atomic E-state index is 0.0834. The Kier molecular flexibility index (Phi) is 5.39. The Labute approximate surface area is 157 Å². The van der Waals surface area contributed by atoms with E-state index in [1.165, 1.54) is 4.90 Å². The van der Waals surface area contributed by atoms with E-state index in [2.05, 4.69) is 10.2 Å². The molecule has 2 N–H and O–H groups in total. The van der Waals surface area contributed by atoms with Crippen molar-refractivity contribution in [3.8, 4) is 0 Å². The highest BCUT2D eigenvalue weighted by Gasteiger charge is 2.41. The number of carboxylic acid groups (broad SMARTS) is 1. The maximum Gasteiger partial charge on any atom is 0.308 e. The summed E-state index contributed by atoms with van der Waals surface area (Å²) in [6.07, 6.45) is 1.12. The van der Waals surface area contributed by atoms with Gasteiger partial charge in [0, 0.05) is 19.0 Å². The first-order valence-electron chi connectivity index (χ1n) is 9.15. The summed E-state index contributed by atoms with van der Waals surface area (Å²) in [5.41, 5.74) is 1.77. The topological polar surface area (TPSA) is 103 Å². The quantitative estimate of drug-likeness (QED) is 0.837. The lowest BCUT2D eigenvalue weighted by Gasteiger charge is -2.18. The van der Waals surface area contributed by atoms with Crippen LogP contribution in [-0.2, 0) is 17.6 Å². The summed E-state index contributed by atoms with van der Waals surface area (Å²) in [7, 11) is 0. The van der Waals surface area contributed by atoms with E-state index in [0.717, 1.165) is 5.56 Å². The number of H-pyrrole nitrogens is 1. The molecule has 1 aliphatic rings. The number of carboxylic acids is 1. The molecule has 3 rings (SSSR count). The second kappa shape index (κ2) is 7.73. The molecule has 0 saturated carbocycles. The van der Waals surface area contributed by atoms with E-state index >= 15 is 0 Å². The predicted octanol–water partition coefficient (Wildman–Crippen LogP) is 1.84. The van der Waals surface area contributed by atoms with Gasteiger partial charge in [-0.3, -0.25) is 14.4 Å². The second-order valence-electron chi connectivity index (χ2n) is 6.73. The third-order valence-electron chi connectivity index (χ3n) is 5.22. The molecule has 1 saturated heterocycles. The van der Waals surface area contributed by atoms with E-state index in [9.17, 15) is 19.5 Å². The first kappa shape index (κ1) is 18.8. The Morgan fingerprint density at radius 1 is 1.19 bits per heavy atom. The largest absolute Gasteiger partial charge is 0.481 e. The summed E-state index contributed by atoms with van der Waals surface area (Å²) in [4.78, 5) is 38.7. The lowest BCUT2D eigenvalue weighted by atomic mass is 9.89. The van der Waals surface area contributed by atoms with E-state index in [4.69, 9.17) is 0 Å². The lowest BCUT2D eigenvalue weighted by Crippen LogP contribution is -2.36. The number of hydrogen-bond acceptors (Lipinski definition) is 4. The van der Waals surface area contributed by atoms with Gasteiger partial charge in [0.15, 0.2) is 0 Å². The standard InChI is InChI=1S/C20H23N3O4/c1-3-13-16(4-2)21-22-18(24)17(13)19(25)23-10-14(15(11-23)20(26)27)12-8-6-5-7-9-12/h5-9,14-15H,3-4,10-11H2,1-2H3,(H,22,24)(H,26,27). The molecule has 0 spiro atoms. The molecule has 1 aromatic carbocycles. The molecule has 27 heavy (non-hydrogen) atoms. The summed E-state index contributed by atoms with van der Waals surface area (Å²) in [6.45, 7) is 4.14. The van der Waals surface area contributed by atoms with Crippen LogP contribution in [0.25, 0.3) is 0 Å². The van der Waals surface area contributed by atoms with Gasteiger partial charge in [0.1, 0.15) is 5.56 Å². The van der Waals surface area contributed by atoms with Crippen molar-refractivity contribution >= 4 is 11.9 Å². The first-order chi connectivity index (χ1) is 13.0. The summed E-state index contributed by atoms with van der Waals surface area (Å²) >= 11 is 0. The molecule has 0 radical (unpaired) electrons. The van der Waals surface area contributed by atoms with Crippen molar-refractivity contribution in [1.29, 1.82) is 0 Å². The lowest BCUT2D eigenvalue weighted by molar-refractivity contribution is -0.141. The smallest absolute Gasteiger partial charge is 0.308 e. The maximum atomic E-state index is 13.1. The number of aromatic amines is 1. The molecule has 7 heteroatoms. The van der Waals surface area contributed by atoms with Crippen molar-refractivity contribution in [3.05, 3.63) is 63.1 Å². The van der Waals surface area contributed by atoms with Gasteiger partial charge in [-0.05, 0) is 24.0 Å². The van der Waals surface area contributed by atoms with Gasteiger partial charge in [0.2, 0.25) is 0 Å². The van der Waals surface area contributed by atoms with Crippen molar-refractivity contribution in [2.45, 2.75) is 32.6 Å². The third kappa shape index (κ3) is 3.49. The number of aryl methyl sites for hydroxylation is 1. The van der Waals surface area contributed by atoms with Gasteiger partial charge in [-0.1, -0.05) is 44.2 Å². The van der Waals surface area contributed by atoms with E-state index in [-0.39, 0.29) is 24.6 Å². The number of rotatable bonds is 5. The van der Waals surface area contributed by atoms with Crippen LogP contribution in [0.4, 0.5) is 0 Å². The molecular formula is C20H23N3O4. The highest BCUT2D eigenvalue weighted by Crippen LogP contribution is 2.33. The van der Waals surface area contributed by atoms with Crippen molar-refractivity contribution in [1.82, 2.24) is 15.1 Å². The van der Waals surface area contributed by atoms with Crippen LogP contribution in [0.2, 0.25) is 0 Å². The number of aliphatic carboxylic acids is 1. The molecule has 2 unspecified atom stereocenters. The Balaban J connectivity index is 1.97. The molecule has 2 aromatic rings. The molecule has 0 bridgehead atoms. The predicted molar refractivity (Wildman–Crippen MR) is 99.8 cm³/mol. The number of nitrogens with one attached hydrogen (secondary N) is 1. The number of carbonyl (C=O) groups is 2. The summed E-state index contributed by atoms with van der Waals surface area (Å²) in [5.74, 6) is -2.36. The van der Waals surface area contributed by atoms with E-state index in [1.54, 1.807) is 0 Å². The first-order valence-corrected chi connectivity index (χ1v) is 9.15. The van der Waals surface area contributed by atoms with Gasteiger partial charge in [-0.15, -0.1) is 0 Å². The number of hydrogen-bond donors (Lipinski definition) is 2. The van der Waals surface area contributed by atoms with Crippen molar-refractivity contribution in [3.63, 3.8) is 0 Å². The Morgan fingerprint density at radius 3 is 2.48 bits per heavy atom. The van der Waals surface area contributed by atoms with Crippen LogP contribution >= 0.6 is 0 Å². The number of carbonyl (C=O) groups excluding carboxylic acids is 1. The second-order valence-corrected chi connectivity index (χ2v) is 6.73. The van der Waals surface area contributed by atoms with E-state index in [1.807, 2.05) is 44.2 Å². The fraction of sp³-hybridized carbons (Fsp3) is 0.400. The van der Waals surface area contributed by atoms with Crippen LogP contribution < -0.4 is 5.56 Å². The Morgan fingerprint density at radius 2 is 1.89 bits per heavy atom. The van der Waals surface area contributed by atoms with Crippen LogP contribution in [0.3, 0.4) is 0 Å². The monoisotopic (exact) mass is 369 g/mol. The summed E-state index contributed by atoms with van der Waals surface area (Å²) in [5, 5.41) is 16.1. The van der Waals surface area contributed by atoms with Crippen molar-refractivity contribution < 1.29 is 14.7 Å². The Hall–Kier alpha value is -2.96.